The first kappa shape index (κ1) is 28.0. The van der Waals surface area contributed by atoms with Crippen LogP contribution in [0.15, 0.2) is 115 Å². The Morgan fingerprint density at radius 1 is 0.727 bits per heavy atom. The number of rotatable bonds is 4. The van der Waals surface area contributed by atoms with E-state index in [1.807, 2.05) is 0 Å². The van der Waals surface area contributed by atoms with Crippen molar-refractivity contribution in [1.29, 1.82) is 0 Å². The summed E-state index contributed by atoms with van der Waals surface area (Å²) in [6.45, 7) is 2.47. The fourth-order valence-electron chi connectivity index (χ4n) is 6.08. The smallest absolute Gasteiger partial charge is 1.00 e. The van der Waals surface area contributed by atoms with Crippen LogP contribution in [0.4, 0.5) is 0 Å². The van der Waals surface area contributed by atoms with Crippen LogP contribution in [0.5, 0.6) is 0 Å². The van der Waals surface area contributed by atoms with Gasteiger partial charge in [-0.3, -0.25) is 0 Å². The minimum atomic E-state index is -0.248. The predicted octanol–water partition coefficient (Wildman–Crippen LogP) is -1.72. The molecular weight excluding hydrogens is 503 g/mol. The average Bonchev–Trinajstić information content (AvgIpc) is 3.07. The van der Waals surface area contributed by atoms with Crippen LogP contribution in [0.2, 0.25) is 3.72 Å². The largest absolute Gasteiger partial charge is 1.00 e. The Bertz CT molecular complexity index is 983. The fraction of sp³-hybridized carbons (Fsp3) is 0.241. The maximum atomic E-state index is 2.54. The van der Waals surface area contributed by atoms with E-state index < -0.39 is 0 Å². The van der Waals surface area contributed by atoms with Crippen LogP contribution in [-0.2, 0) is 25.9 Å². The molecule has 33 heavy (non-hydrogen) atoms. The van der Waals surface area contributed by atoms with Gasteiger partial charge < -0.3 is 37.2 Å². The van der Waals surface area contributed by atoms with Gasteiger partial charge in [0.2, 0.25) is 0 Å². The molecule has 0 heterocycles. The van der Waals surface area contributed by atoms with Crippen molar-refractivity contribution >= 4 is 0 Å². The molecule has 2 aliphatic carbocycles. The molecule has 0 radical (unpaired) electrons. The number of benzene rings is 3. The third kappa shape index (κ3) is 4.31. The Morgan fingerprint density at radius 3 is 1.58 bits per heavy atom. The molecule has 0 spiro atoms. The molecule has 1 saturated carbocycles. The third-order valence-electron chi connectivity index (χ3n) is 7.32. The molecule has 3 unspecified atom stereocenters. The molecule has 0 nitrogen and oxygen atoms in total. The molecule has 168 valence electrons. The van der Waals surface area contributed by atoms with Crippen molar-refractivity contribution in [3.63, 3.8) is 0 Å². The number of allylic oxidation sites excluding steroid dienone is 4. The molecule has 0 amide bonds. The molecule has 4 heteroatoms. The van der Waals surface area contributed by atoms with Gasteiger partial charge in [-0.2, -0.15) is 0 Å². The first-order chi connectivity index (χ1) is 14.7. The van der Waals surface area contributed by atoms with Crippen LogP contribution in [0.25, 0.3) is 0 Å². The summed E-state index contributed by atoms with van der Waals surface area (Å²) < 4.78 is -0.0213. The molecular formula is C29H27Cl3Ti. The average molecular weight is 530 g/mol. The summed E-state index contributed by atoms with van der Waals surface area (Å²) in [5, 5.41) is 0. The van der Waals surface area contributed by atoms with Gasteiger partial charge in [0.15, 0.2) is 0 Å². The van der Waals surface area contributed by atoms with Crippen molar-refractivity contribution in [3.8, 4) is 0 Å². The number of halogens is 3. The fourth-order valence-corrected chi connectivity index (χ4v) is 7.38. The maximum Gasteiger partial charge on any atom is -1.00 e. The minimum absolute atomic E-state index is 0. The van der Waals surface area contributed by atoms with Crippen molar-refractivity contribution in [2.24, 2.45) is 11.8 Å². The first-order valence-electron chi connectivity index (χ1n) is 11.0. The van der Waals surface area contributed by atoms with Crippen molar-refractivity contribution < 1.29 is 57.7 Å². The number of hydrogen-bond donors (Lipinski definition) is 0. The standard InChI is InChI=1S/C29H27.3ClH.Ti/c1-22-21-23-13-11-12-20-27(23)28(22)29(24-14-5-2-6-15-24,25-16-7-3-8-17-25)26-18-9-4-10-19-26;;;;/h2-12,14-20,22-23H,13,21H2,1H3;3*1H;/q;;;;+3/p-3. The van der Waals surface area contributed by atoms with E-state index in [4.69, 9.17) is 0 Å². The summed E-state index contributed by atoms with van der Waals surface area (Å²) in [5.41, 5.74) is 5.52. The summed E-state index contributed by atoms with van der Waals surface area (Å²) in [4.78, 5) is 0. The van der Waals surface area contributed by atoms with E-state index in [1.54, 1.807) is 5.57 Å². The van der Waals surface area contributed by atoms with Crippen LogP contribution in [0.3, 0.4) is 0 Å². The Hall–Kier alpha value is -1.28. The zero-order valence-corrected chi connectivity index (χ0v) is 22.4. The summed E-state index contributed by atoms with van der Waals surface area (Å²) in [6.07, 6.45) is 9.48. The van der Waals surface area contributed by atoms with Crippen molar-refractivity contribution in [1.82, 2.24) is 0 Å². The molecule has 1 fully saturated rings. The van der Waals surface area contributed by atoms with E-state index in [2.05, 4.69) is 137 Å². The molecule has 3 aromatic rings. The normalized spacial score (nSPS) is 23.3. The van der Waals surface area contributed by atoms with Gasteiger partial charge in [-0.05, 0) is 0 Å². The zero-order chi connectivity index (χ0) is 20.6. The molecule has 2 aliphatic rings. The van der Waals surface area contributed by atoms with E-state index in [0.717, 1.165) is 0 Å². The number of fused-ring (bicyclic) bond motifs is 1. The second-order valence-electron chi connectivity index (χ2n) is 8.78. The van der Waals surface area contributed by atoms with Crippen LogP contribution in [0, 0.1) is 11.8 Å². The van der Waals surface area contributed by atoms with Gasteiger partial charge in [0.1, 0.15) is 0 Å². The van der Waals surface area contributed by atoms with Gasteiger partial charge in [-0.1, -0.05) is 0 Å². The van der Waals surface area contributed by atoms with E-state index in [1.165, 1.54) is 29.5 Å². The molecule has 0 N–H and O–H groups in total. The van der Waals surface area contributed by atoms with Crippen molar-refractivity contribution in [2.75, 3.05) is 0 Å². The predicted molar refractivity (Wildman–Crippen MR) is 121 cm³/mol. The zero-order valence-electron chi connectivity index (χ0n) is 18.6. The van der Waals surface area contributed by atoms with Crippen LogP contribution in [0.1, 0.15) is 36.5 Å². The molecule has 0 aliphatic heterocycles. The van der Waals surface area contributed by atoms with Gasteiger partial charge in [-0.25, -0.2) is 0 Å². The summed E-state index contributed by atoms with van der Waals surface area (Å²) in [7, 11) is 0. The Balaban J connectivity index is 0.00000128. The molecule has 3 aromatic carbocycles. The van der Waals surface area contributed by atoms with Crippen molar-refractivity contribution in [2.45, 2.75) is 28.9 Å². The van der Waals surface area contributed by atoms with E-state index in [-0.39, 0.29) is 46.4 Å². The summed E-state index contributed by atoms with van der Waals surface area (Å²) in [5.74, 6) is 1.21. The topological polar surface area (TPSA) is 0 Å². The second kappa shape index (κ2) is 11.4. The molecule has 0 bridgehead atoms. The summed E-state index contributed by atoms with van der Waals surface area (Å²) >= 11 is 2.54. The van der Waals surface area contributed by atoms with Gasteiger partial charge in [0.05, 0.1) is 0 Å². The van der Waals surface area contributed by atoms with Gasteiger partial charge in [0, 0.05) is 0 Å². The number of hydrogen-bond acceptors (Lipinski definition) is 0. The molecule has 3 atom stereocenters. The Kier molecular flexibility index (Phi) is 9.69. The Morgan fingerprint density at radius 2 is 1.15 bits per heavy atom. The monoisotopic (exact) mass is 528 g/mol. The first-order valence-corrected chi connectivity index (χ1v) is 11.8. The molecule has 0 saturated heterocycles. The van der Waals surface area contributed by atoms with Crippen LogP contribution in [-0.4, -0.2) is 0 Å². The SMILES string of the molecule is CC1CC2CC=CC=C2[C]1([Ti+3])C(c1ccccc1)(c1ccccc1)c1ccccc1.[Cl-].[Cl-].[Cl-]. The quantitative estimate of drug-likeness (QED) is 0.279. The van der Waals surface area contributed by atoms with E-state index >= 15 is 0 Å². The summed E-state index contributed by atoms with van der Waals surface area (Å²) in [6, 6.07) is 33.6. The van der Waals surface area contributed by atoms with E-state index in [0.29, 0.717) is 11.8 Å². The van der Waals surface area contributed by atoms with Gasteiger partial charge >= 0.3 is 193 Å². The van der Waals surface area contributed by atoms with Crippen LogP contribution >= 0.6 is 0 Å². The second-order valence-corrected chi connectivity index (χ2v) is 10.0. The molecule has 0 aromatic heterocycles. The minimum Gasteiger partial charge on any atom is -1.00 e. The Labute approximate surface area is 228 Å². The van der Waals surface area contributed by atoms with Gasteiger partial charge in [0.25, 0.3) is 0 Å². The molecule has 5 rings (SSSR count). The van der Waals surface area contributed by atoms with Gasteiger partial charge in [-0.15, -0.1) is 0 Å². The van der Waals surface area contributed by atoms with Crippen LogP contribution < -0.4 is 37.2 Å². The maximum absolute atomic E-state index is 2.54. The van der Waals surface area contributed by atoms with Crippen molar-refractivity contribution in [3.05, 3.63) is 131 Å². The third-order valence-corrected chi connectivity index (χ3v) is 9.12. The van der Waals surface area contributed by atoms with E-state index in [9.17, 15) is 0 Å².